The Morgan fingerprint density at radius 3 is 2.21 bits per heavy atom. The van der Waals surface area contributed by atoms with Crippen molar-refractivity contribution in [1.82, 2.24) is 4.90 Å². The molecule has 1 amide bonds. The monoisotopic (exact) mass is 273 g/mol. The average molecular weight is 273 g/mol. The lowest BCUT2D eigenvalue weighted by molar-refractivity contribution is -0.155. The van der Waals surface area contributed by atoms with Gasteiger partial charge in [-0.05, 0) is 19.3 Å². The van der Waals surface area contributed by atoms with Gasteiger partial charge in [-0.15, -0.1) is 0 Å². The number of hydrogen-bond acceptors (Lipinski definition) is 3. The van der Waals surface area contributed by atoms with Gasteiger partial charge >= 0.3 is 5.97 Å². The summed E-state index contributed by atoms with van der Waals surface area (Å²) >= 11 is 0. The third-order valence-corrected chi connectivity index (χ3v) is 3.79. The van der Waals surface area contributed by atoms with Crippen LogP contribution >= 0.6 is 0 Å². The first-order valence-electron chi connectivity index (χ1n) is 6.91. The highest BCUT2D eigenvalue weighted by Crippen LogP contribution is 2.32. The van der Waals surface area contributed by atoms with Crippen LogP contribution in [0.15, 0.2) is 0 Å². The number of unbranched alkanes of at least 4 members (excludes halogenated alkanes) is 1. The first-order valence-corrected chi connectivity index (χ1v) is 6.91. The molecule has 0 aliphatic carbocycles. The van der Waals surface area contributed by atoms with E-state index in [2.05, 4.69) is 0 Å². The van der Waals surface area contributed by atoms with E-state index >= 15 is 0 Å². The number of carboxylic acids is 1. The Morgan fingerprint density at radius 1 is 1.26 bits per heavy atom. The van der Waals surface area contributed by atoms with Crippen molar-refractivity contribution in [2.24, 2.45) is 11.3 Å². The second-order valence-electron chi connectivity index (χ2n) is 5.51. The third-order valence-electron chi connectivity index (χ3n) is 3.79. The summed E-state index contributed by atoms with van der Waals surface area (Å²) in [5, 5.41) is 18.3. The summed E-state index contributed by atoms with van der Waals surface area (Å²) in [4.78, 5) is 25.2. The molecule has 0 aliphatic rings. The minimum absolute atomic E-state index is 0.0241. The number of amides is 1. The predicted molar refractivity (Wildman–Crippen MR) is 73.8 cm³/mol. The van der Waals surface area contributed by atoms with Gasteiger partial charge in [-0.1, -0.05) is 27.2 Å². The van der Waals surface area contributed by atoms with Gasteiger partial charge in [0.15, 0.2) is 0 Å². The van der Waals surface area contributed by atoms with Crippen LogP contribution in [0.3, 0.4) is 0 Å². The number of aliphatic hydroxyl groups is 1. The standard InChI is InChI=1S/C14H27NO4/c1-5-6-7-15(8-9-16)12(17)10-14(4,11(2)3)13(18)19/h11,16H,5-10H2,1-4H3,(H,18,19). The summed E-state index contributed by atoms with van der Waals surface area (Å²) in [6, 6.07) is 0. The molecule has 0 aliphatic heterocycles. The SMILES string of the molecule is CCCCN(CCO)C(=O)CC(C)(C(=O)O)C(C)C. The molecule has 5 nitrogen and oxygen atoms in total. The van der Waals surface area contributed by atoms with Crippen molar-refractivity contribution < 1.29 is 19.8 Å². The van der Waals surface area contributed by atoms with E-state index in [4.69, 9.17) is 5.11 Å². The first kappa shape index (κ1) is 17.9. The molecular formula is C14H27NO4. The molecule has 19 heavy (non-hydrogen) atoms. The Hall–Kier alpha value is -1.10. The molecule has 0 spiro atoms. The van der Waals surface area contributed by atoms with E-state index in [1.165, 1.54) is 0 Å². The van der Waals surface area contributed by atoms with Gasteiger partial charge in [0, 0.05) is 19.5 Å². The van der Waals surface area contributed by atoms with E-state index < -0.39 is 11.4 Å². The van der Waals surface area contributed by atoms with E-state index in [-0.39, 0.29) is 31.4 Å². The quantitative estimate of drug-likeness (QED) is 0.671. The maximum atomic E-state index is 12.2. The van der Waals surface area contributed by atoms with Gasteiger partial charge in [-0.3, -0.25) is 9.59 Å². The zero-order valence-corrected chi connectivity index (χ0v) is 12.5. The molecule has 0 saturated heterocycles. The molecule has 0 bridgehead atoms. The maximum Gasteiger partial charge on any atom is 0.310 e. The maximum absolute atomic E-state index is 12.2. The summed E-state index contributed by atoms with van der Waals surface area (Å²) in [5.41, 5.74) is -1.06. The fourth-order valence-electron chi connectivity index (χ4n) is 1.78. The molecule has 0 aromatic heterocycles. The van der Waals surface area contributed by atoms with Crippen molar-refractivity contribution in [3.8, 4) is 0 Å². The van der Waals surface area contributed by atoms with Gasteiger partial charge in [0.05, 0.1) is 12.0 Å². The molecule has 2 N–H and O–H groups in total. The normalized spacial score (nSPS) is 14.2. The molecule has 0 aromatic rings. The second kappa shape index (κ2) is 8.15. The number of aliphatic hydroxyl groups excluding tert-OH is 1. The summed E-state index contributed by atoms with van der Waals surface area (Å²) < 4.78 is 0. The fraction of sp³-hybridized carbons (Fsp3) is 0.857. The van der Waals surface area contributed by atoms with Gasteiger partial charge in [0.2, 0.25) is 5.91 Å². The largest absolute Gasteiger partial charge is 0.481 e. The summed E-state index contributed by atoms with van der Waals surface area (Å²) in [6.45, 7) is 8.00. The van der Waals surface area contributed by atoms with Crippen LogP contribution in [0.1, 0.15) is 47.0 Å². The zero-order valence-electron chi connectivity index (χ0n) is 12.5. The summed E-state index contributed by atoms with van der Waals surface area (Å²) in [7, 11) is 0. The summed E-state index contributed by atoms with van der Waals surface area (Å²) in [5.74, 6) is -1.27. The Kier molecular flexibility index (Phi) is 7.68. The topological polar surface area (TPSA) is 77.8 Å². The van der Waals surface area contributed by atoms with Gasteiger partial charge < -0.3 is 15.1 Å². The second-order valence-corrected chi connectivity index (χ2v) is 5.51. The Balaban J connectivity index is 4.80. The molecule has 0 fully saturated rings. The van der Waals surface area contributed by atoms with Crippen LogP contribution in [0.25, 0.3) is 0 Å². The van der Waals surface area contributed by atoms with Crippen molar-refractivity contribution in [3.63, 3.8) is 0 Å². The molecule has 0 saturated carbocycles. The van der Waals surface area contributed by atoms with Crippen LogP contribution in [-0.4, -0.2) is 46.7 Å². The number of carboxylic acid groups (broad SMARTS) is 1. The predicted octanol–water partition coefficient (Wildman–Crippen LogP) is 1.74. The molecular weight excluding hydrogens is 246 g/mol. The average Bonchev–Trinajstić information content (AvgIpc) is 2.33. The van der Waals surface area contributed by atoms with E-state index in [1.807, 2.05) is 20.8 Å². The van der Waals surface area contributed by atoms with E-state index in [0.29, 0.717) is 6.54 Å². The molecule has 0 heterocycles. The van der Waals surface area contributed by atoms with Gasteiger partial charge in [-0.2, -0.15) is 0 Å². The van der Waals surface area contributed by atoms with Crippen molar-refractivity contribution in [1.29, 1.82) is 0 Å². The van der Waals surface area contributed by atoms with Crippen molar-refractivity contribution in [2.45, 2.75) is 47.0 Å². The van der Waals surface area contributed by atoms with E-state index in [1.54, 1.807) is 11.8 Å². The molecule has 0 aromatic carbocycles. The number of carbonyl (C=O) groups excluding carboxylic acids is 1. The first-order chi connectivity index (χ1) is 8.79. The van der Waals surface area contributed by atoms with Crippen LogP contribution in [0.4, 0.5) is 0 Å². The lowest BCUT2D eigenvalue weighted by Gasteiger charge is -2.31. The molecule has 1 atom stereocenters. The Bertz CT molecular complexity index is 304. The summed E-state index contributed by atoms with van der Waals surface area (Å²) in [6.07, 6.45) is 1.79. The van der Waals surface area contributed by atoms with E-state index in [9.17, 15) is 14.7 Å². The fourth-order valence-corrected chi connectivity index (χ4v) is 1.78. The number of rotatable bonds is 9. The van der Waals surface area contributed by atoms with Crippen molar-refractivity contribution in [2.75, 3.05) is 19.7 Å². The molecule has 0 rings (SSSR count). The number of hydrogen-bond donors (Lipinski definition) is 2. The highest BCUT2D eigenvalue weighted by Gasteiger charge is 2.39. The lowest BCUT2D eigenvalue weighted by atomic mass is 9.76. The van der Waals surface area contributed by atoms with E-state index in [0.717, 1.165) is 12.8 Å². The van der Waals surface area contributed by atoms with Gasteiger partial charge in [0.25, 0.3) is 0 Å². The number of carbonyl (C=O) groups is 2. The number of aliphatic carboxylic acids is 1. The minimum atomic E-state index is -1.06. The lowest BCUT2D eigenvalue weighted by Crippen LogP contribution is -2.42. The van der Waals surface area contributed by atoms with Crippen LogP contribution in [-0.2, 0) is 9.59 Å². The van der Waals surface area contributed by atoms with Crippen molar-refractivity contribution >= 4 is 11.9 Å². The van der Waals surface area contributed by atoms with Crippen molar-refractivity contribution in [3.05, 3.63) is 0 Å². The Morgan fingerprint density at radius 2 is 1.84 bits per heavy atom. The molecule has 0 radical (unpaired) electrons. The van der Waals surface area contributed by atoms with Gasteiger partial charge in [-0.25, -0.2) is 0 Å². The van der Waals surface area contributed by atoms with Gasteiger partial charge in [0.1, 0.15) is 0 Å². The molecule has 5 heteroatoms. The van der Waals surface area contributed by atoms with Crippen LogP contribution in [0.2, 0.25) is 0 Å². The number of nitrogens with zero attached hydrogens (tertiary/aromatic N) is 1. The smallest absolute Gasteiger partial charge is 0.310 e. The molecule has 1 unspecified atom stereocenters. The third kappa shape index (κ3) is 5.19. The minimum Gasteiger partial charge on any atom is -0.481 e. The zero-order chi connectivity index (χ0) is 15.1. The highest BCUT2D eigenvalue weighted by atomic mass is 16.4. The van der Waals surface area contributed by atoms with Crippen LogP contribution in [0.5, 0.6) is 0 Å². The Labute approximate surface area is 115 Å². The van der Waals surface area contributed by atoms with Crippen LogP contribution in [0, 0.1) is 11.3 Å². The molecule has 112 valence electrons. The highest BCUT2D eigenvalue weighted by molar-refractivity contribution is 5.85. The van der Waals surface area contributed by atoms with Crippen LogP contribution < -0.4 is 0 Å².